The Morgan fingerprint density at radius 3 is 2.42 bits per heavy atom. The Kier molecular flexibility index (Phi) is 5.57. The van der Waals surface area contributed by atoms with Gasteiger partial charge >= 0.3 is 6.18 Å². The highest BCUT2D eigenvalue weighted by Crippen LogP contribution is 2.42. The fraction of sp³-hybridized carbons (Fsp3) is 0.381. The average Bonchev–Trinajstić information content (AvgIpc) is 2.77. The lowest BCUT2D eigenvalue weighted by Gasteiger charge is -2.37. The van der Waals surface area contributed by atoms with Crippen LogP contribution in [-0.2, 0) is 6.18 Å². The smallest absolute Gasteiger partial charge is 0.372 e. The molecule has 2 aromatic heterocycles. The van der Waals surface area contributed by atoms with Crippen LogP contribution >= 0.6 is 0 Å². The molecule has 4 rings (SSSR count). The molecule has 7 nitrogen and oxygen atoms in total. The Hall–Kier alpha value is -3.14. The van der Waals surface area contributed by atoms with Crippen LogP contribution in [0.2, 0.25) is 0 Å². The third-order valence-corrected chi connectivity index (χ3v) is 5.58. The Balaban J connectivity index is 1.88. The number of fused-ring (bicyclic) bond motifs is 1. The summed E-state index contributed by atoms with van der Waals surface area (Å²) in [7, 11) is 1.68. The number of hydrogen-bond acceptors (Lipinski definition) is 7. The van der Waals surface area contributed by atoms with Gasteiger partial charge in [-0.2, -0.15) is 23.1 Å². The summed E-state index contributed by atoms with van der Waals surface area (Å²) in [5.41, 5.74) is 6.08. The first kappa shape index (κ1) is 21.1. The summed E-state index contributed by atoms with van der Waals surface area (Å²) in [5, 5.41) is 3.50. The van der Waals surface area contributed by atoms with Gasteiger partial charge in [-0.1, -0.05) is 13.0 Å². The minimum atomic E-state index is -4.52. The van der Waals surface area contributed by atoms with Crippen molar-refractivity contribution in [2.75, 3.05) is 55.7 Å². The van der Waals surface area contributed by atoms with Crippen LogP contribution in [0.1, 0.15) is 12.5 Å². The highest BCUT2D eigenvalue weighted by Gasteiger charge is 2.36. The molecule has 3 heterocycles. The fourth-order valence-corrected chi connectivity index (χ4v) is 3.97. The largest absolute Gasteiger partial charge is 0.417 e. The molecule has 1 fully saturated rings. The second-order valence-corrected chi connectivity index (χ2v) is 7.37. The molecule has 0 atom stereocenters. The van der Waals surface area contributed by atoms with E-state index in [-0.39, 0.29) is 22.9 Å². The summed E-state index contributed by atoms with van der Waals surface area (Å²) < 4.78 is 42.0. The number of likely N-dealkylation sites (N-methyl/N-ethyl adjacent to an activating group) is 1. The van der Waals surface area contributed by atoms with E-state index >= 15 is 0 Å². The van der Waals surface area contributed by atoms with Crippen molar-refractivity contribution in [2.24, 2.45) is 0 Å². The van der Waals surface area contributed by atoms with Gasteiger partial charge in [0.25, 0.3) is 0 Å². The third kappa shape index (κ3) is 4.07. The van der Waals surface area contributed by atoms with E-state index in [4.69, 9.17) is 5.73 Å². The number of alkyl halides is 3. The lowest BCUT2D eigenvalue weighted by Crippen LogP contribution is -2.46. The molecule has 31 heavy (non-hydrogen) atoms. The maximum Gasteiger partial charge on any atom is 0.417 e. The second-order valence-electron chi connectivity index (χ2n) is 7.37. The molecule has 10 heteroatoms. The van der Waals surface area contributed by atoms with Crippen LogP contribution in [0, 0.1) is 0 Å². The maximum absolute atomic E-state index is 14.0. The Labute approximate surface area is 178 Å². The van der Waals surface area contributed by atoms with Crippen LogP contribution in [0.5, 0.6) is 0 Å². The molecule has 3 N–H and O–H groups in total. The van der Waals surface area contributed by atoms with Crippen LogP contribution in [-0.4, -0.2) is 59.6 Å². The van der Waals surface area contributed by atoms with E-state index in [1.54, 1.807) is 25.2 Å². The van der Waals surface area contributed by atoms with E-state index in [2.05, 4.69) is 32.1 Å². The first-order chi connectivity index (χ1) is 14.8. The number of aromatic nitrogens is 3. The SMILES string of the molecule is CCN1CCN(c2cccc(C(F)(F)F)c2-c2ccc3c(NC)nc(N)nc3n2)CC1. The van der Waals surface area contributed by atoms with Gasteiger partial charge in [-0.25, -0.2) is 4.98 Å². The number of anilines is 3. The molecular weight excluding hydrogens is 407 g/mol. The highest BCUT2D eigenvalue weighted by atomic mass is 19.4. The number of piperazine rings is 1. The van der Waals surface area contributed by atoms with Gasteiger partial charge in [0.1, 0.15) is 5.82 Å². The highest BCUT2D eigenvalue weighted by molar-refractivity contribution is 5.90. The van der Waals surface area contributed by atoms with Crippen LogP contribution in [0.25, 0.3) is 22.3 Å². The summed E-state index contributed by atoms with van der Waals surface area (Å²) in [6.45, 7) is 5.89. The number of nitrogens with one attached hydrogen (secondary N) is 1. The Bertz CT molecular complexity index is 1090. The van der Waals surface area contributed by atoms with Crippen molar-refractivity contribution in [3.63, 3.8) is 0 Å². The van der Waals surface area contributed by atoms with Crippen molar-refractivity contribution < 1.29 is 13.2 Å². The summed E-state index contributed by atoms with van der Waals surface area (Å²) in [4.78, 5) is 17.0. The average molecular weight is 431 g/mol. The van der Waals surface area contributed by atoms with Crippen LogP contribution in [0.3, 0.4) is 0 Å². The predicted molar refractivity (Wildman–Crippen MR) is 116 cm³/mol. The molecule has 0 radical (unpaired) electrons. The van der Waals surface area contributed by atoms with Crippen molar-refractivity contribution in [2.45, 2.75) is 13.1 Å². The van der Waals surface area contributed by atoms with Gasteiger partial charge in [-0.05, 0) is 30.8 Å². The van der Waals surface area contributed by atoms with Crippen molar-refractivity contribution in [3.8, 4) is 11.3 Å². The zero-order valence-electron chi connectivity index (χ0n) is 17.4. The molecular formula is C21H24F3N7. The summed E-state index contributed by atoms with van der Waals surface area (Å²) >= 11 is 0. The minimum absolute atomic E-state index is 0.00141. The fourth-order valence-electron chi connectivity index (χ4n) is 3.97. The van der Waals surface area contributed by atoms with Crippen molar-refractivity contribution in [1.82, 2.24) is 19.9 Å². The molecule has 1 aliphatic heterocycles. The number of pyridine rings is 1. The molecule has 3 aromatic rings. The first-order valence-corrected chi connectivity index (χ1v) is 10.1. The van der Waals surface area contributed by atoms with E-state index in [0.29, 0.717) is 30.0 Å². The third-order valence-electron chi connectivity index (χ3n) is 5.58. The zero-order chi connectivity index (χ0) is 22.2. The maximum atomic E-state index is 14.0. The molecule has 1 saturated heterocycles. The standard InChI is InChI=1S/C21H24F3N7/c1-3-30-9-11-31(12-10-30)16-6-4-5-14(21(22,23)24)17(16)15-8-7-13-18(26-2)28-20(25)29-19(13)27-15/h4-8H,3,9-12H2,1-2H3,(H3,25,26,27,28,29). The number of nitrogens with zero attached hydrogens (tertiary/aromatic N) is 5. The van der Waals surface area contributed by atoms with Crippen LogP contribution in [0.4, 0.5) is 30.6 Å². The van der Waals surface area contributed by atoms with Crippen molar-refractivity contribution >= 4 is 28.5 Å². The van der Waals surface area contributed by atoms with Crippen molar-refractivity contribution in [1.29, 1.82) is 0 Å². The Morgan fingerprint density at radius 2 is 1.77 bits per heavy atom. The number of halogens is 3. The number of nitrogen functional groups attached to an aromatic ring is 1. The lowest BCUT2D eigenvalue weighted by molar-refractivity contribution is -0.137. The van der Waals surface area contributed by atoms with E-state index in [1.807, 2.05) is 4.90 Å². The second kappa shape index (κ2) is 8.18. The van der Waals surface area contributed by atoms with Gasteiger partial charge in [-0.3, -0.25) is 0 Å². The van der Waals surface area contributed by atoms with Gasteiger partial charge in [0.05, 0.1) is 16.6 Å². The van der Waals surface area contributed by atoms with Gasteiger partial charge in [-0.15, -0.1) is 0 Å². The number of rotatable bonds is 4. The zero-order valence-corrected chi connectivity index (χ0v) is 17.4. The number of benzene rings is 1. The molecule has 164 valence electrons. The van der Waals surface area contributed by atoms with Gasteiger partial charge in [0.2, 0.25) is 5.95 Å². The lowest BCUT2D eigenvalue weighted by atomic mass is 9.99. The van der Waals surface area contributed by atoms with Crippen LogP contribution < -0.4 is 16.0 Å². The molecule has 0 spiro atoms. The first-order valence-electron chi connectivity index (χ1n) is 10.1. The summed E-state index contributed by atoms with van der Waals surface area (Å²) in [5.74, 6) is 0.475. The van der Waals surface area contributed by atoms with Gasteiger partial charge in [0, 0.05) is 44.5 Å². The van der Waals surface area contributed by atoms with E-state index in [1.165, 1.54) is 6.07 Å². The van der Waals surface area contributed by atoms with Gasteiger partial charge < -0.3 is 20.9 Å². The molecule has 0 amide bonds. The number of nitrogens with two attached hydrogens (primary N) is 1. The van der Waals surface area contributed by atoms with E-state index in [0.717, 1.165) is 25.7 Å². The van der Waals surface area contributed by atoms with Gasteiger partial charge in [0.15, 0.2) is 5.65 Å². The quantitative estimate of drug-likeness (QED) is 0.654. The van der Waals surface area contributed by atoms with Crippen molar-refractivity contribution in [3.05, 3.63) is 35.9 Å². The molecule has 0 bridgehead atoms. The molecule has 0 aliphatic carbocycles. The summed E-state index contributed by atoms with van der Waals surface area (Å²) in [6, 6.07) is 7.54. The Morgan fingerprint density at radius 1 is 1.03 bits per heavy atom. The topological polar surface area (TPSA) is 83.2 Å². The monoisotopic (exact) mass is 431 g/mol. The normalized spacial score (nSPS) is 15.5. The molecule has 0 saturated carbocycles. The minimum Gasteiger partial charge on any atom is -0.372 e. The van der Waals surface area contributed by atoms with Crippen LogP contribution in [0.15, 0.2) is 30.3 Å². The molecule has 0 unspecified atom stereocenters. The molecule has 1 aliphatic rings. The van der Waals surface area contributed by atoms with E-state index in [9.17, 15) is 13.2 Å². The van der Waals surface area contributed by atoms with E-state index < -0.39 is 11.7 Å². The predicted octanol–water partition coefficient (Wildman–Crippen LogP) is 3.48. The molecule has 1 aromatic carbocycles. The number of hydrogen-bond donors (Lipinski definition) is 2. The summed E-state index contributed by atoms with van der Waals surface area (Å²) in [6.07, 6.45) is -4.52.